The molecule has 4 heteroatoms. The van der Waals surface area contributed by atoms with Crippen molar-refractivity contribution < 1.29 is 9.18 Å². The Hall–Kier alpha value is -1.42. The fraction of sp³-hybridized carbons (Fsp3) is 0.300. The molecule has 0 aliphatic carbocycles. The van der Waals surface area contributed by atoms with Gasteiger partial charge in [0.15, 0.2) is 0 Å². The van der Waals surface area contributed by atoms with Gasteiger partial charge >= 0.3 is 0 Å². The van der Waals surface area contributed by atoms with E-state index in [2.05, 4.69) is 5.32 Å². The highest BCUT2D eigenvalue weighted by molar-refractivity contribution is 5.76. The summed E-state index contributed by atoms with van der Waals surface area (Å²) in [5, 5.41) is 2.44. The maximum Gasteiger partial charge on any atom is 0.221 e. The van der Waals surface area contributed by atoms with Crippen LogP contribution in [0, 0.1) is 5.82 Å². The molecule has 1 aromatic rings. The zero-order chi connectivity index (χ0) is 10.6. The van der Waals surface area contributed by atoms with Crippen molar-refractivity contribution in [3.05, 3.63) is 35.6 Å². The van der Waals surface area contributed by atoms with E-state index in [1.807, 2.05) is 0 Å². The number of carbonyl (C=O) groups is 1. The van der Waals surface area contributed by atoms with Crippen molar-refractivity contribution in [1.29, 1.82) is 0 Å². The Morgan fingerprint density at radius 2 is 2.21 bits per heavy atom. The summed E-state index contributed by atoms with van der Waals surface area (Å²) >= 11 is 0. The van der Waals surface area contributed by atoms with Gasteiger partial charge in [-0.2, -0.15) is 0 Å². The average Bonchev–Trinajstić information content (AvgIpc) is 2.18. The van der Waals surface area contributed by atoms with Crippen LogP contribution in [-0.4, -0.2) is 13.0 Å². The van der Waals surface area contributed by atoms with Gasteiger partial charge in [0, 0.05) is 25.1 Å². The predicted octanol–water partition coefficient (Wildman–Crippen LogP) is 0.962. The molecule has 1 rings (SSSR count). The first kappa shape index (κ1) is 10.7. The van der Waals surface area contributed by atoms with Crippen LogP contribution in [0.1, 0.15) is 18.0 Å². The number of amides is 1. The summed E-state index contributed by atoms with van der Waals surface area (Å²) in [7, 11) is 1.52. The molecule has 0 aliphatic rings. The van der Waals surface area contributed by atoms with Gasteiger partial charge in [-0.25, -0.2) is 4.39 Å². The van der Waals surface area contributed by atoms with Crippen LogP contribution in [0.3, 0.4) is 0 Å². The molecule has 0 spiro atoms. The molecule has 0 bridgehead atoms. The third-order valence-corrected chi connectivity index (χ3v) is 1.99. The molecule has 0 aliphatic heterocycles. The Morgan fingerprint density at radius 3 is 2.79 bits per heavy atom. The van der Waals surface area contributed by atoms with Crippen molar-refractivity contribution in [2.75, 3.05) is 7.05 Å². The van der Waals surface area contributed by atoms with Gasteiger partial charge < -0.3 is 11.1 Å². The number of hydrogen-bond donors (Lipinski definition) is 2. The lowest BCUT2D eigenvalue weighted by atomic mass is 10.0. The topological polar surface area (TPSA) is 55.1 Å². The Balaban J connectivity index is 2.74. The normalized spacial score (nSPS) is 12.2. The molecule has 1 aromatic carbocycles. The first-order valence-corrected chi connectivity index (χ1v) is 4.35. The number of benzene rings is 1. The molecule has 1 atom stereocenters. The number of rotatable bonds is 3. The summed E-state index contributed by atoms with van der Waals surface area (Å²) in [5.74, 6) is -0.565. The van der Waals surface area contributed by atoms with Crippen molar-refractivity contribution in [2.24, 2.45) is 5.73 Å². The molecule has 1 unspecified atom stereocenters. The third-order valence-electron chi connectivity index (χ3n) is 1.99. The molecule has 0 radical (unpaired) electrons. The van der Waals surface area contributed by atoms with E-state index in [4.69, 9.17) is 5.73 Å². The fourth-order valence-corrected chi connectivity index (χ4v) is 1.19. The molecule has 0 aromatic heterocycles. The lowest BCUT2D eigenvalue weighted by Gasteiger charge is -2.11. The molecular formula is C10H13FN2O. The average molecular weight is 196 g/mol. The second-order valence-electron chi connectivity index (χ2n) is 3.01. The third kappa shape index (κ3) is 2.53. The quantitative estimate of drug-likeness (QED) is 0.756. The summed E-state index contributed by atoms with van der Waals surface area (Å²) < 4.78 is 13.2. The van der Waals surface area contributed by atoms with Gasteiger partial charge in [-0.05, 0) is 6.07 Å². The van der Waals surface area contributed by atoms with E-state index in [-0.39, 0.29) is 18.1 Å². The molecule has 0 heterocycles. The van der Waals surface area contributed by atoms with E-state index in [9.17, 15) is 9.18 Å². The van der Waals surface area contributed by atoms with Crippen LogP contribution in [0.2, 0.25) is 0 Å². The summed E-state index contributed by atoms with van der Waals surface area (Å²) in [5.41, 5.74) is 6.04. The van der Waals surface area contributed by atoms with Gasteiger partial charge in [0.25, 0.3) is 0 Å². The monoisotopic (exact) mass is 196 g/mol. The number of nitrogens with one attached hydrogen (secondary N) is 1. The second-order valence-corrected chi connectivity index (χ2v) is 3.01. The summed E-state index contributed by atoms with van der Waals surface area (Å²) in [4.78, 5) is 11.0. The number of carbonyl (C=O) groups excluding carboxylic acids is 1. The SMILES string of the molecule is CNC(=O)CC(N)c1ccccc1F. The van der Waals surface area contributed by atoms with Gasteiger partial charge in [-0.3, -0.25) is 4.79 Å². The minimum absolute atomic E-state index is 0.0947. The lowest BCUT2D eigenvalue weighted by Crippen LogP contribution is -2.24. The molecule has 0 fully saturated rings. The number of hydrogen-bond acceptors (Lipinski definition) is 2. The minimum Gasteiger partial charge on any atom is -0.359 e. The van der Waals surface area contributed by atoms with E-state index in [0.29, 0.717) is 5.56 Å². The maximum absolute atomic E-state index is 13.2. The first-order valence-electron chi connectivity index (χ1n) is 4.35. The Kier molecular flexibility index (Phi) is 3.59. The van der Waals surface area contributed by atoms with E-state index in [0.717, 1.165) is 0 Å². The zero-order valence-electron chi connectivity index (χ0n) is 7.96. The summed E-state index contributed by atoms with van der Waals surface area (Å²) in [6.07, 6.45) is 0.0947. The first-order chi connectivity index (χ1) is 6.65. The molecule has 0 saturated heterocycles. The molecule has 14 heavy (non-hydrogen) atoms. The van der Waals surface area contributed by atoms with Crippen molar-refractivity contribution >= 4 is 5.91 Å². The highest BCUT2D eigenvalue weighted by Gasteiger charge is 2.13. The van der Waals surface area contributed by atoms with Gasteiger partial charge in [-0.1, -0.05) is 18.2 Å². The molecular weight excluding hydrogens is 183 g/mol. The van der Waals surface area contributed by atoms with Crippen LogP contribution in [0.5, 0.6) is 0 Å². The number of nitrogens with two attached hydrogens (primary N) is 1. The van der Waals surface area contributed by atoms with Crippen LogP contribution in [0.25, 0.3) is 0 Å². The molecule has 3 N–H and O–H groups in total. The van der Waals surface area contributed by atoms with Crippen LogP contribution in [-0.2, 0) is 4.79 Å². The number of halogens is 1. The van der Waals surface area contributed by atoms with E-state index >= 15 is 0 Å². The predicted molar refractivity (Wildman–Crippen MR) is 52.0 cm³/mol. The van der Waals surface area contributed by atoms with E-state index in [1.54, 1.807) is 18.2 Å². The largest absolute Gasteiger partial charge is 0.359 e. The van der Waals surface area contributed by atoms with Crippen molar-refractivity contribution in [1.82, 2.24) is 5.32 Å². The zero-order valence-corrected chi connectivity index (χ0v) is 7.96. The van der Waals surface area contributed by atoms with Crippen LogP contribution < -0.4 is 11.1 Å². The van der Waals surface area contributed by atoms with Crippen molar-refractivity contribution in [3.63, 3.8) is 0 Å². The Labute approximate surface area is 82.1 Å². The standard InChI is InChI=1S/C10H13FN2O/c1-13-10(14)6-9(12)7-4-2-3-5-8(7)11/h2-5,9H,6,12H2,1H3,(H,13,14). The van der Waals surface area contributed by atoms with Crippen molar-refractivity contribution in [3.8, 4) is 0 Å². The Bertz CT molecular complexity index is 328. The maximum atomic E-state index is 13.2. The Morgan fingerprint density at radius 1 is 1.57 bits per heavy atom. The van der Waals surface area contributed by atoms with Crippen molar-refractivity contribution in [2.45, 2.75) is 12.5 Å². The van der Waals surface area contributed by atoms with Crippen LogP contribution in [0.4, 0.5) is 4.39 Å². The minimum atomic E-state index is -0.587. The molecule has 76 valence electrons. The molecule has 0 saturated carbocycles. The van der Waals surface area contributed by atoms with E-state index in [1.165, 1.54) is 13.1 Å². The van der Waals surface area contributed by atoms with Gasteiger partial charge in [0.05, 0.1) is 0 Å². The summed E-state index contributed by atoms with van der Waals surface area (Å²) in [6.45, 7) is 0. The second kappa shape index (κ2) is 4.72. The van der Waals surface area contributed by atoms with Crippen LogP contribution in [0.15, 0.2) is 24.3 Å². The lowest BCUT2D eigenvalue weighted by molar-refractivity contribution is -0.120. The molecule has 1 amide bonds. The van der Waals surface area contributed by atoms with Gasteiger partial charge in [0.1, 0.15) is 5.82 Å². The van der Waals surface area contributed by atoms with E-state index < -0.39 is 6.04 Å². The smallest absolute Gasteiger partial charge is 0.221 e. The highest BCUT2D eigenvalue weighted by Crippen LogP contribution is 2.16. The van der Waals surface area contributed by atoms with Gasteiger partial charge in [0.2, 0.25) is 5.91 Å². The highest BCUT2D eigenvalue weighted by atomic mass is 19.1. The fourth-order valence-electron chi connectivity index (χ4n) is 1.19. The van der Waals surface area contributed by atoms with Gasteiger partial charge in [-0.15, -0.1) is 0 Å². The molecule has 3 nitrogen and oxygen atoms in total. The van der Waals surface area contributed by atoms with Crippen LogP contribution >= 0.6 is 0 Å². The summed E-state index contributed by atoms with van der Waals surface area (Å²) in [6, 6.07) is 5.62.